The number of nitrogens with zero attached hydrogens (tertiary/aromatic N) is 3. The van der Waals surface area contributed by atoms with Gasteiger partial charge in [-0.05, 0) is 60.9 Å². The molecule has 1 saturated heterocycles. The van der Waals surface area contributed by atoms with E-state index in [1.54, 1.807) is 17.9 Å². The fraction of sp³-hybridized carbons (Fsp3) is 0.290. The lowest BCUT2D eigenvalue weighted by molar-refractivity contribution is 0.0549. The molecule has 0 N–H and O–H groups in total. The second kappa shape index (κ2) is 13.4. The van der Waals surface area contributed by atoms with Crippen LogP contribution in [-0.2, 0) is 4.74 Å². The van der Waals surface area contributed by atoms with E-state index < -0.39 is 5.82 Å². The van der Waals surface area contributed by atoms with E-state index in [1.807, 2.05) is 48.5 Å². The highest BCUT2D eigenvalue weighted by atomic mass is 35.5. The number of hydrogen-bond donors (Lipinski definition) is 0. The van der Waals surface area contributed by atoms with Gasteiger partial charge in [-0.3, -0.25) is 9.69 Å². The minimum Gasteiger partial charge on any atom is -0.369 e. The third-order valence-electron chi connectivity index (χ3n) is 7.18. The smallest absolute Gasteiger partial charge is 0.259 e. The van der Waals surface area contributed by atoms with Gasteiger partial charge in [0.15, 0.2) is 0 Å². The van der Waals surface area contributed by atoms with Crippen molar-refractivity contribution in [3.05, 3.63) is 110 Å². The summed E-state index contributed by atoms with van der Waals surface area (Å²) in [6, 6.07) is 19.7. The van der Waals surface area contributed by atoms with E-state index in [4.69, 9.17) is 44.1 Å². The summed E-state index contributed by atoms with van der Waals surface area (Å²) in [6.45, 7) is 5.53. The van der Waals surface area contributed by atoms with Crippen LogP contribution >= 0.6 is 34.8 Å². The number of aromatic nitrogens is 1. The number of hydrogen-bond acceptors (Lipinski definition) is 5. The van der Waals surface area contributed by atoms with Gasteiger partial charge >= 0.3 is 0 Å². The van der Waals surface area contributed by atoms with Crippen molar-refractivity contribution in [1.82, 2.24) is 15.0 Å². The minimum absolute atomic E-state index is 0.0727. The Kier molecular flexibility index (Phi) is 9.63. The number of benzene rings is 3. The highest BCUT2D eigenvalue weighted by molar-refractivity contribution is 6.33. The van der Waals surface area contributed by atoms with E-state index in [0.29, 0.717) is 48.6 Å². The summed E-state index contributed by atoms with van der Waals surface area (Å²) in [5.41, 5.74) is 2.48. The Balaban J connectivity index is 1.16. The molecule has 1 aliphatic rings. The van der Waals surface area contributed by atoms with E-state index in [2.05, 4.69) is 10.1 Å². The van der Waals surface area contributed by atoms with Crippen LogP contribution in [0.1, 0.15) is 39.8 Å². The van der Waals surface area contributed by atoms with Gasteiger partial charge < -0.3 is 14.2 Å². The van der Waals surface area contributed by atoms with Gasteiger partial charge in [-0.1, -0.05) is 70.3 Å². The van der Waals surface area contributed by atoms with Crippen molar-refractivity contribution in [2.24, 2.45) is 0 Å². The monoisotopic (exact) mass is 615 g/mol. The molecule has 214 valence electrons. The molecule has 41 heavy (non-hydrogen) atoms. The summed E-state index contributed by atoms with van der Waals surface area (Å²) in [5.74, 6) is -0.462. The number of piperazine rings is 1. The average Bonchev–Trinajstić information content (AvgIpc) is 3.35. The van der Waals surface area contributed by atoms with Crippen molar-refractivity contribution in [2.75, 3.05) is 39.3 Å². The lowest BCUT2D eigenvalue weighted by atomic mass is 10.0. The second-order valence-electron chi connectivity index (χ2n) is 9.90. The molecule has 0 unspecified atom stereocenters. The van der Waals surface area contributed by atoms with Gasteiger partial charge in [-0.25, -0.2) is 4.39 Å². The molecule has 6 nitrogen and oxygen atoms in total. The van der Waals surface area contributed by atoms with Gasteiger partial charge in [0.25, 0.3) is 5.91 Å². The summed E-state index contributed by atoms with van der Waals surface area (Å²) >= 11 is 18.4. The number of rotatable bonds is 9. The molecule has 3 aromatic carbocycles. The Morgan fingerprint density at radius 3 is 2.15 bits per heavy atom. The first-order chi connectivity index (χ1) is 19.8. The van der Waals surface area contributed by atoms with E-state index in [1.165, 1.54) is 12.1 Å². The zero-order chi connectivity index (χ0) is 28.9. The van der Waals surface area contributed by atoms with Crippen LogP contribution in [0.5, 0.6) is 0 Å². The minimum atomic E-state index is -0.554. The normalized spacial score (nSPS) is 14.1. The predicted molar refractivity (Wildman–Crippen MR) is 159 cm³/mol. The lowest BCUT2D eigenvalue weighted by Gasteiger charge is -2.34. The molecule has 1 aliphatic heterocycles. The van der Waals surface area contributed by atoms with Gasteiger partial charge in [-0.15, -0.1) is 0 Å². The third kappa shape index (κ3) is 6.93. The number of halogens is 4. The molecule has 4 aromatic rings. The molecule has 1 fully saturated rings. The quantitative estimate of drug-likeness (QED) is 0.180. The molecular formula is C31H29Cl3FN3O3. The maximum absolute atomic E-state index is 14.6. The van der Waals surface area contributed by atoms with Crippen LogP contribution in [0.3, 0.4) is 0 Å². The highest BCUT2D eigenvalue weighted by Crippen LogP contribution is 2.34. The number of ether oxygens (including phenoxy) is 1. The first-order valence-electron chi connectivity index (χ1n) is 13.4. The Morgan fingerprint density at radius 2 is 1.56 bits per heavy atom. The Hall–Kier alpha value is -2.94. The van der Waals surface area contributed by atoms with E-state index in [0.717, 1.165) is 24.1 Å². The molecule has 0 spiro atoms. The number of aryl methyl sites for hydroxylation is 1. The summed E-state index contributed by atoms with van der Waals surface area (Å²) in [4.78, 5) is 17.5. The van der Waals surface area contributed by atoms with Crippen LogP contribution in [0.15, 0.2) is 71.3 Å². The fourth-order valence-corrected chi connectivity index (χ4v) is 5.51. The molecule has 2 heterocycles. The van der Waals surface area contributed by atoms with Crippen LogP contribution in [0.25, 0.3) is 11.3 Å². The first-order valence-corrected chi connectivity index (χ1v) is 14.5. The zero-order valence-electron chi connectivity index (χ0n) is 22.5. The van der Waals surface area contributed by atoms with Crippen molar-refractivity contribution < 1.29 is 18.4 Å². The van der Waals surface area contributed by atoms with Crippen LogP contribution < -0.4 is 0 Å². The molecule has 0 aliphatic carbocycles. The summed E-state index contributed by atoms with van der Waals surface area (Å²) in [7, 11) is 0. The summed E-state index contributed by atoms with van der Waals surface area (Å²) in [5, 5.41) is 5.49. The van der Waals surface area contributed by atoms with Gasteiger partial charge in [0.1, 0.15) is 28.9 Å². The van der Waals surface area contributed by atoms with Crippen molar-refractivity contribution in [2.45, 2.75) is 19.4 Å². The Labute approximate surface area is 253 Å². The Morgan fingerprint density at radius 1 is 0.951 bits per heavy atom. The van der Waals surface area contributed by atoms with Crippen LogP contribution in [0, 0.1) is 12.7 Å². The fourth-order valence-electron chi connectivity index (χ4n) is 5.00. The van der Waals surface area contributed by atoms with Gasteiger partial charge in [0.05, 0.1) is 10.6 Å². The highest BCUT2D eigenvalue weighted by Gasteiger charge is 2.30. The van der Waals surface area contributed by atoms with Gasteiger partial charge in [0, 0.05) is 49.4 Å². The molecular weight excluding hydrogens is 588 g/mol. The SMILES string of the molecule is Cc1onc(-c2c(F)cccc2Cl)c1C(=O)N1CCN(CCCOC(c2ccc(Cl)cc2)c2ccc(Cl)cc2)CC1. The molecule has 1 aromatic heterocycles. The topological polar surface area (TPSA) is 58.8 Å². The maximum atomic E-state index is 14.6. The van der Waals surface area contributed by atoms with Gasteiger partial charge in [0.2, 0.25) is 0 Å². The largest absolute Gasteiger partial charge is 0.369 e. The molecule has 0 radical (unpaired) electrons. The molecule has 10 heteroatoms. The van der Waals surface area contributed by atoms with E-state index in [-0.39, 0.29) is 33.9 Å². The van der Waals surface area contributed by atoms with Crippen molar-refractivity contribution in [1.29, 1.82) is 0 Å². The lowest BCUT2D eigenvalue weighted by Crippen LogP contribution is -2.49. The number of carbonyl (C=O) groups excluding carboxylic acids is 1. The predicted octanol–water partition coefficient (Wildman–Crippen LogP) is 7.70. The maximum Gasteiger partial charge on any atom is 0.259 e. The van der Waals surface area contributed by atoms with E-state index >= 15 is 0 Å². The molecule has 1 amide bonds. The summed E-state index contributed by atoms with van der Waals surface area (Å²) in [6.07, 6.45) is 0.592. The van der Waals surface area contributed by atoms with Crippen molar-refractivity contribution in [3.63, 3.8) is 0 Å². The molecule has 0 saturated carbocycles. The standard InChI is InChI=1S/C31H29Cl3FN3O3/c1-20-27(29(36-41-20)28-25(34)4-2-5-26(28)35)31(39)38-17-15-37(16-18-38)14-3-19-40-30(21-6-10-23(32)11-7-21)22-8-12-24(33)13-9-22/h2,4-13,30H,3,14-19H2,1H3. The second-order valence-corrected chi connectivity index (χ2v) is 11.2. The zero-order valence-corrected chi connectivity index (χ0v) is 24.7. The number of amides is 1. The van der Waals surface area contributed by atoms with Gasteiger partial charge in [-0.2, -0.15) is 0 Å². The van der Waals surface area contributed by atoms with Crippen molar-refractivity contribution >= 4 is 40.7 Å². The molecule has 5 rings (SSSR count). The third-order valence-corrected chi connectivity index (χ3v) is 8.00. The van der Waals surface area contributed by atoms with Crippen LogP contribution in [0.4, 0.5) is 4.39 Å². The average molecular weight is 617 g/mol. The van der Waals surface area contributed by atoms with E-state index in [9.17, 15) is 9.18 Å². The van der Waals surface area contributed by atoms with Crippen molar-refractivity contribution in [3.8, 4) is 11.3 Å². The first kappa shape index (κ1) is 29.5. The molecule has 0 bridgehead atoms. The summed E-state index contributed by atoms with van der Waals surface area (Å²) < 4.78 is 26.2. The van der Waals surface area contributed by atoms with Crippen LogP contribution in [0.2, 0.25) is 15.1 Å². The number of carbonyl (C=O) groups is 1. The Bertz CT molecular complexity index is 1420. The molecule has 0 atom stereocenters. The van der Waals surface area contributed by atoms with Crippen LogP contribution in [-0.4, -0.2) is 60.2 Å².